The first kappa shape index (κ1) is 33.0. The Morgan fingerprint density at radius 2 is 1.55 bits per heavy atom. The van der Waals surface area contributed by atoms with Crippen molar-refractivity contribution in [2.45, 2.75) is 72.8 Å². The van der Waals surface area contributed by atoms with Gasteiger partial charge < -0.3 is 29.1 Å². The fourth-order valence-corrected chi connectivity index (χ4v) is 5.19. The molecule has 1 aliphatic rings. The third-order valence-corrected chi connectivity index (χ3v) is 7.80. The standard InChI is InChI=1S/C34H48N2O6/c1-7-11-13-21-42-28-17-14-25(23-29(28)40-6)31-30(33(38)34(39)36(31)19-18-35(9-3)10-4)32(37)26-15-16-27(24(5)22-26)41-20-12-8-2/h14-17,22-23,31,37H,7-13,18-21H2,1-6H3. The third-order valence-electron chi connectivity index (χ3n) is 7.80. The van der Waals surface area contributed by atoms with Crippen molar-refractivity contribution in [3.8, 4) is 17.2 Å². The van der Waals surface area contributed by atoms with Gasteiger partial charge in [0.25, 0.3) is 11.7 Å². The molecule has 1 amide bonds. The Balaban J connectivity index is 2.06. The fourth-order valence-electron chi connectivity index (χ4n) is 5.19. The first-order chi connectivity index (χ1) is 20.3. The van der Waals surface area contributed by atoms with E-state index in [4.69, 9.17) is 14.2 Å². The van der Waals surface area contributed by atoms with Gasteiger partial charge in [0, 0.05) is 18.7 Å². The molecule has 1 saturated heterocycles. The zero-order valence-electron chi connectivity index (χ0n) is 26.2. The summed E-state index contributed by atoms with van der Waals surface area (Å²) in [5, 5.41) is 11.6. The van der Waals surface area contributed by atoms with E-state index in [1.807, 2.05) is 19.1 Å². The number of carbonyl (C=O) groups is 2. The van der Waals surface area contributed by atoms with Crippen LogP contribution in [0.1, 0.15) is 82.5 Å². The van der Waals surface area contributed by atoms with Gasteiger partial charge in [0.1, 0.15) is 11.5 Å². The Morgan fingerprint density at radius 3 is 2.19 bits per heavy atom. The average Bonchev–Trinajstić information content (AvgIpc) is 3.25. The Hall–Kier alpha value is -3.52. The van der Waals surface area contributed by atoms with E-state index in [1.165, 1.54) is 0 Å². The SMILES string of the molecule is CCCCCOc1ccc(C2C(=C(O)c3ccc(OCCCC)c(C)c3)C(=O)C(=O)N2CCN(CC)CC)cc1OC. The summed E-state index contributed by atoms with van der Waals surface area (Å²) in [6.45, 7) is 14.1. The summed E-state index contributed by atoms with van der Waals surface area (Å²) in [5.74, 6) is 0.330. The molecule has 0 aliphatic carbocycles. The number of Topliss-reactive ketones (excluding diaryl/α,β-unsaturated/α-hetero) is 1. The number of ketones is 1. The number of nitrogens with zero attached hydrogens (tertiary/aromatic N) is 2. The van der Waals surface area contributed by atoms with E-state index < -0.39 is 17.7 Å². The quantitative estimate of drug-likeness (QED) is 0.0987. The predicted octanol–water partition coefficient (Wildman–Crippen LogP) is 6.52. The van der Waals surface area contributed by atoms with Gasteiger partial charge in [-0.3, -0.25) is 9.59 Å². The fraction of sp³-hybridized carbons (Fsp3) is 0.529. The lowest BCUT2D eigenvalue weighted by Crippen LogP contribution is -2.38. The number of methoxy groups -OCH3 is 1. The number of carbonyl (C=O) groups excluding carboxylic acids is 2. The van der Waals surface area contributed by atoms with E-state index >= 15 is 0 Å². The van der Waals surface area contributed by atoms with E-state index in [1.54, 1.807) is 36.3 Å². The normalized spacial score (nSPS) is 16.4. The smallest absolute Gasteiger partial charge is 0.295 e. The minimum atomic E-state index is -0.774. The summed E-state index contributed by atoms with van der Waals surface area (Å²) in [7, 11) is 1.57. The van der Waals surface area contributed by atoms with Crippen molar-refractivity contribution in [1.82, 2.24) is 9.80 Å². The number of likely N-dealkylation sites (N-methyl/N-ethyl adjacent to an activating group) is 1. The van der Waals surface area contributed by atoms with Crippen molar-refractivity contribution in [2.75, 3.05) is 46.5 Å². The van der Waals surface area contributed by atoms with Gasteiger partial charge in [-0.2, -0.15) is 0 Å². The number of likely N-dealkylation sites (tertiary alicyclic amines) is 1. The van der Waals surface area contributed by atoms with Crippen LogP contribution in [0.3, 0.4) is 0 Å². The second-order valence-corrected chi connectivity index (χ2v) is 10.7. The van der Waals surface area contributed by atoms with Gasteiger partial charge in [-0.05, 0) is 74.3 Å². The van der Waals surface area contributed by atoms with Gasteiger partial charge >= 0.3 is 0 Å². The van der Waals surface area contributed by atoms with E-state index in [9.17, 15) is 14.7 Å². The predicted molar refractivity (Wildman–Crippen MR) is 166 cm³/mol. The van der Waals surface area contributed by atoms with Crippen molar-refractivity contribution < 1.29 is 28.9 Å². The number of unbranched alkanes of at least 4 members (excludes halogenated alkanes) is 3. The summed E-state index contributed by atoms with van der Waals surface area (Å²) in [6.07, 6.45) is 5.09. The molecule has 2 aromatic carbocycles. The van der Waals surface area contributed by atoms with E-state index in [0.717, 1.165) is 56.5 Å². The van der Waals surface area contributed by atoms with Crippen molar-refractivity contribution in [1.29, 1.82) is 0 Å². The molecular weight excluding hydrogens is 532 g/mol. The summed E-state index contributed by atoms with van der Waals surface area (Å²) in [4.78, 5) is 30.8. The first-order valence-corrected chi connectivity index (χ1v) is 15.4. The number of amides is 1. The summed E-state index contributed by atoms with van der Waals surface area (Å²) in [6, 6.07) is 10.0. The Labute approximate surface area is 251 Å². The molecule has 1 unspecified atom stereocenters. The van der Waals surface area contributed by atoms with Crippen LogP contribution in [-0.4, -0.2) is 73.1 Å². The number of benzene rings is 2. The molecule has 8 nitrogen and oxygen atoms in total. The third kappa shape index (κ3) is 7.85. The van der Waals surface area contributed by atoms with Crippen LogP contribution in [0.25, 0.3) is 5.76 Å². The number of rotatable bonds is 17. The first-order valence-electron chi connectivity index (χ1n) is 15.4. The van der Waals surface area contributed by atoms with Gasteiger partial charge in [-0.15, -0.1) is 0 Å². The molecule has 0 aromatic heterocycles. The van der Waals surface area contributed by atoms with Gasteiger partial charge in [0.05, 0.1) is 31.9 Å². The number of aliphatic hydroxyl groups excluding tert-OH is 1. The largest absolute Gasteiger partial charge is 0.507 e. The molecular formula is C34H48N2O6. The van der Waals surface area contributed by atoms with Crippen LogP contribution < -0.4 is 14.2 Å². The molecule has 42 heavy (non-hydrogen) atoms. The molecule has 1 N–H and O–H groups in total. The topological polar surface area (TPSA) is 88.5 Å². The summed E-state index contributed by atoms with van der Waals surface area (Å²) in [5.41, 5.74) is 2.04. The molecule has 1 heterocycles. The highest BCUT2D eigenvalue weighted by Gasteiger charge is 2.46. The van der Waals surface area contributed by atoms with Crippen molar-refractivity contribution in [2.24, 2.45) is 0 Å². The maximum atomic E-state index is 13.5. The lowest BCUT2D eigenvalue weighted by Gasteiger charge is -2.28. The maximum Gasteiger partial charge on any atom is 0.295 e. The second kappa shape index (κ2) is 16.2. The van der Waals surface area contributed by atoms with Crippen molar-refractivity contribution in [3.05, 3.63) is 58.7 Å². The Morgan fingerprint density at radius 1 is 0.881 bits per heavy atom. The monoisotopic (exact) mass is 580 g/mol. The number of hydrogen-bond acceptors (Lipinski definition) is 7. The van der Waals surface area contributed by atoms with Gasteiger partial charge in [0.2, 0.25) is 0 Å². The number of hydrogen-bond donors (Lipinski definition) is 1. The van der Waals surface area contributed by atoms with Crippen molar-refractivity contribution >= 4 is 17.4 Å². The molecule has 8 heteroatoms. The van der Waals surface area contributed by atoms with Crippen LogP contribution in [0.2, 0.25) is 0 Å². The van der Waals surface area contributed by atoms with Crippen LogP contribution in [-0.2, 0) is 9.59 Å². The molecule has 1 fully saturated rings. The average molecular weight is 581 g/mol. The zero-order valence-corrected chi connectivity index (χ0v) is 26.2. The molecule has 0 spiro atoms. The van der Waals surface area contributed by atoms with Gasteiger partial charge in [-0.25, -0.2) is 0 Å². The summed E-state index contributed by atoms with van der Waals surface area (Å²) < 4.78 is 17.5. The minimum Gasteiger partial charge on any atom is -0.507 e. The number of aryl methyl sites for hydroxylation is 1. The number of aliphatic hydroxyl groups is 1. The van der Waals surface area contributed by atoms with Crippen LogP contribution >= 0.6 is 0 Å². The van der Waals surface area contributed by atoms with Crippen LogP contribution in [0.15, 0.2) is 42.0 Å². The van der Waals surface area contributed by atoms with Gasteiger partial charge in [0.15, 0.2) is 11.5 Å². The molecule has 1 aliphatic heterocycles. The van der Waals surface area contributed by atoms with Crippen LogP contribution in [0.5, 0.6) is 17.2 Å². The van der Waals surface area contributed by atoms with Crippen LogP contribution in [0, 0.1) is 6.92 Å². The van der Waals surface area contributed by atoms with E-state index in [0.29, 0.717) is 48.9 Å². The molecule has 3 rings (SSSR count). The lowest BCUT2D eigenvalue weighted by atomic mass is 9.94. The highest BCUT2D eigenvalue weighted by Crippen LogP contribution is 2.42. The van der Waals surface area contributed by atoms with Crippen LogP contribution in [0.4, 0.5) is 0 Å². The molecule has 0 saturated carbocycles. The number of ether oxygens (including phenoxy) is 3. The van der Waals surface area contributed by atoms with Gasteiger partial charge in [-0.1, -0.05) is 53.0 Å². The molecule has 2 aromatic rings. The van der Waals surface area contributed by atoms with E-state index in [2.05, 4.69) is 32.6 Å². The Kier molecular flexibility index (Phi) is 12.7. The lowest BCUT2D eigenvalue weighted by molar-refractivity contribution is -0.140. The molecule has 230 valence electrons. The minimum absolute atomic E-state index is 0.0669. The molecule has 1 atom stereocenters. The molecule has 0 radical (unpaired) electrons. The Bertz CT molecular complexity index is 1240. The zero-order chi connectivity index (χ0) is 30.6. The highest BCUT2D eigenvalue weighted by molar-refractivity contribution is 6.46. The second-order valence-electron chi connectivity index (χ2n) is 10.7. The molecule has 0 bridgehead atoms. The highest BCUT2D eigenvalue weighted by atomic mass is 16.5. The van der Waals surface area contributed by atoms with Crippen molar-refractivity contribution in [3.63, 3.8) is 0 Å². The summed E-state index contributed by atoms with van der Waals surface area (Å²) >= 11 is 0. The van der Waals surface area contributed by atoms with E-state index in [-0.39, 0.29) is 11.3 Å². The maximum absolute atomic E-state index is 13.5.